The van der Waals surface area contributed by atoms with Crippen molar-refractivity contribution >= 4 is 27.7 Å². The van der Waals surface area contributed by atoms with Gasteiger partial charge in [-0.25, -0.2) is 4.68 Å². The molecule has 0 aliphatic carbocycles. The Bertz CT molecular complexity index is 1120. The number of amides is 1. The molecule has 0 aliphatic heterocycles. The molecular formula is C18H16N4O3. The van der Waals surface area contributed by atoms with Crippen LogP contribution in [0.15, 0.2) is 52.0 Å². The Morgan fingerprint density at radius 1 is 1.32 bits per heavy atom. The number of hydrogen-bond acceptors (Lipinski definition) is 4. The number of fused-ring (bicyclic) bond motifs is 3. The van der Waals surface area contributed by atoms with E-state index in [9.17, 15) is 9.59 Å². The minimum atomic E-state index is -0.320. The third-order valence-corrected chi connectivity index (χ3v) is 4.10. The largest absolute Gasteiger partial charge is 0.467 e. The summed E-state index contributed by atoms with van der Waals surface area (Å²) < 4.78 is 6.31. The maximum absolute atomic E-state index is 12.6. The second-order valence-electron chi connectivity index (χ2n) is 5.93. The molecule has 0 aliphatic rings. The van der Waals surface area contributed by atoms with Crippen molar-refractivity contribution < 1.29 is 9.21 Å². The molecule has 4 rings (SSSR count). The summed E-state index contributed by atoms with van der Waals surface area (Å²) in [6.07, 6.45) is 3.16. The molecule has 0 bridgehead atoms. The summed E-state index contributed by atoms with van der Waals surface area (Å²) in [6, 6.07) is 9.44. The SMILES string of the molecule is Cc1ccc2[nH]c3c(=O)n(CC(=O)NCc4ccco4)ncc3c2c1. The van der Waals surface area contributed by atoms with Crippen molar-refractivity contribution in [2.75, 3.05) is 0 Å². The molecule has 0 spiro atoms. The van der Waals surface area contributed by atoms with Crippen LogP contribution < -0.4 is 10.9 Å². The minimum Gasteiger partial charge on any atom is -0.467 e. The van der Waals surface area contributed by atoms with E-state index in [4.69, 9.17) is 4.42 Å². The Hall–Kier alpha value is -3.35. The predicted molar refractivity (Wildman–Crippen MR) is 93.2 cm³/mol. The normalized spacial score (nSPS) is 11.2. The van der Waals surface area contributed by atoms with Crippen molar-refractivity contribution in [3.05, 3.63) is 64.5 Å². The lowest BCUT2D eigenvalue weighted by molar-refractivity contribution is -0.122. The lowest BCUT2D eigenvalue weighted by Crippen LogP contribution is -2.33. The van der Waals surface area contributed by atoms with Gasteiger partial charge in [0.25, 0.3) is 5.56 Å². The molecule has 1 aromatic carbocycles. The monoisotopic (exact) mass is 336 g/mol. The molecule has 126 valence electrons. The molecule has 7 nitrogen and oxygen atoms in total. The molecule has 3 heterocycles. The number of carbonyl (C=O) groups excluding carboxylic acids is 1. The number of aromatic nitrogens is 3. The molecule has 0 radical (unpaired) electrons. The summed E-state index contributed by atoms with van der Waals surface area (Å²) in [5.41, 5.74) is 2.11. The lowest BCUT2D eigenvalue weighted by Gasteiger charge is -2.05. The van der Waals surface area contributed by atoms with E-state index in [0.29, 0.717) is 11.3 Å². The molecule has 0 unspecified atom stereocenters. The first kappa shape index (κ1) is 15.2. The van der Waals surface area contributed by atoms with Crippen LogP contribution in [0.5, 0.6) is 0 Å². The van der Waals surface area contributed by atoms with Crippen LogP contribution in [-0.4, -0.2) is 20.7 Å². The number of aryl methyl sites for hydroxylation is 1. The number of benzene rings is 1. The van der Waals surface area contributed by atoms with Crippen molar-refractivity contribution in [1.82, 2.24) is 20.1 Å². The zero-order valence-corrected chi connectivity index (χ0v) is 13.6. The highest BCUT2D eigenvalue weighted by Crippen LogP contribution is 2.23. The van der Waals surface area contributed by atoms with Gasteiger partial charge in [0.05, 0.1) is 19.0 Å². The summed E-state index contributed by atoms with van der Waals surface area (Å²) in [5.74, 6) is 0.340. The Balaban J connectivity index is 1.62. The highest BCUT2D eigenvalue weighted by Gasteiger charge is 2.13. The van der Waals surface area contributed by atoms with Gasteiger partial charge in [0.2, 0.25) is 5.91 Å². The Morgan fingerprint density at radius 2 is 2.20 bits per heavy atom. The van der Waals surface area contributed by atoms with E-state index >= 15 is 0 Å². The maximum atomic E-state index is 12.6. The fraction of sp³-hybridized carbons (Fsp3) is 0.167. The zero-order valence-electron chi connectivity index (χ0n) is 13.6. The van der Waals surface area contributed by atoms with E-state index in [1.807, 2.05) is 25.1 Å². The number of nitrogens with zero attached hydrogens (tertiary/aromatic N) is 2. The summed E-state index contributed by atoms with van der Waals surface area (Å²) in [5, 5.41) is 8.56. The number of H-pyrrole nitrogens is 1. The van der Waals surface area contributed by atoms with Gasteiger partial charge in [-0.3, -0.25) is 9.59 Å². The van der Waals surface area contributed by atoms with Gasteiger partial charge in [-0.15, -0.1) is 0 Å². The van der Waals surface area contributed by atoms with Crippen LogP contribution in [0.25, 0.3) is 21.8 Å². The van der Waals surface area contributed by atoms with E-state index < -0.39 is 0 Å². The molecule has 4 aromatic rings. The van der Waals surface area contributed by atoms with Crippen LogP contribution in [0.1, 0.15) is 11.3 Å². The van der Waals surface area contributed by atoms with Gasteiger partial charge in [0, 0.05) is 16.3 Å². The Kier molecular flexibility index (Phi) is 3.61. The second kappa shape index (κ2) is 5.94. The van der Waals surface area contributed by atoms with Gasteiger partial charge in [-0.2, -0.15) is 5.10 Å². The van der Waals surface area contributed by atoms with E-state index in [2.05, 4.69) is 15.4 Å². The molecule has 25 heavy (non-hydrogen) atoms. The second-order valence-corrected chi connectivity index (χ2v) is 5.93. The summed E-state index contributed by atoms with van der Waals surface area (Å²) in [4.78, 5) is 27.8. The van der Waals surface area contributed by atoms with Gasteiger partial charge in [-0.1, -0.05) is 11.6 Å². The molecule has 1 amide bonds. The van der Waals surface area contributed by atoms with Crippen molar-refractivity contribution in [2.45, 2.75) is 20.0 Å². The quantitative estimate of drug-likeness (QED) is 0.597. The van der Waals surface area contributed by atoms with Gasteiger partial charge >= 0.3 is 0 Å². The smallest absolute Gasteiger partial charge is 0.291 e. The fourth-order valence-corrected chi connectivity index (χ4v) is 2.84. The molecule has 0 atom stereocenters. The highest BCUT2D eigenvalue weighted by molar-refractivity contribution is 6.06. The molecule has 0 saturated heterocycles. The number of rotatable bonds is 4. The number of furan rings is 1. The third-order valence-electron chi connectivity index (χ3n) is 4.10. The first-order chi connectivity index (χ1) is 12.1. The molecule has 0 fully saturated rings. The van der Waals surface area contributed by atoms with Crippen LogP contribution in [0, 0.1) is 6.92 Å². The molecule has 2 N–H and O–H groups in total. The highest BCUT2D eigenvalue weighted by atomic mass is 16.3. The van der Waals surface area contributed by atoms with E-state index in [-0.39, 0.29) is 24.6 Å². The third kappa shape index (κ3) is 2.80. The van der Waals surface area contributed by atoms with Crippen molar-refractivity contribution in [3.8, 4) is 0 Å². The average Bonchev–Trinajstić information content (AvgIpc) is 3.23. The van der Waals surface area contributed by atoms with Crippen LogP contribution in [0.4, 0.5) is 0 Å². The van der Waals surface area contributed by atoms with Crippen molar-refractivity contribution in [3.63, 3.8) is 0 Å². The minimum absolute atomic E-state index is 0.149. The van der Waals surface area contributed by atoms with Crippen LogP contribution in [0.2, 0.25) is 0 Å². The van der Waals surface area contributed by atoms with Crippen molar-refractivity contribution in [1.29, 1.82) is 0 Å². The van der Waals surface area contributed by atoms with Gasteiger partial charge < -0.3 is 14.7 Å². The molecule has 7 heteroatoms. The van der Waals surface area contributed by atoms with Gasteiger partial charge in [-0.05, 0) is 31.2 Å². The van der Waals surface area contributed by atoms with E-state index in [1.165, 1.54) is 0 Å². The Morgan fingerprint density at radius 3 is 3.00 bits per heavy atom. The number of nitrogens with one attached hydrogen (secondary N) is 2. The van der Waals surface area contributed by atoms with Gasteiger partial charge in [0.1, 0.15) is 17.8 Å². The number of hydrogen-bond donors (Lipinski definition) is 2. The first-order valence-electron chi connectivity index (χ1n) is 7.89. The molecule has 3 aromatic heterocycles. The van der Waals surface area contributed by atoms with Crippen LogP contribution in [0.3, 0.4) is 0 Å². The number of carbonyl (C=O) groups is 1. The Labute approximate surface area is 142 Å². The average molecular weight is 336 g/mol. The van der Waals surface area contributed by atoms with Crippen LogP contribution >= 0.6 is 0 Å². The van der Waals surface area contributed by atoms with Crippen LogP contribution in [-0.2, 0) is 17.9 Å². The number of aromatic amines is 1. The van der Waals surface area contributed by atoms with Crippen molar-refractivity contribution in [2.24, 2.45) is 0 Å². The summed E-state index contributed by atoms with van der Waals surface area (Å²) in [7, 11) is 0. The fourth-order valence-electron chi connectivity index (χ4n) is 2.84. The van der Waals surface area contributed by atoms with E-state index in [1.54, 1.807) is 24.6 Å². The summed E-state index contributed by atoms with van der Waals surface area (Å²) >= 11 is 0. The standard InChI is InChI=1S/C18H16N4O3/c1-11-4-5-15-13(7-11)14-9-20-22(18(24)17(14)21-15)10-16(23)19-8-12-3-2-6-25-12/h2-7,9,21H,8,10H2,1H3,(H,19,23). The first-order valence-corrected chi connectivity index (χ1v) is 7.89. The lowest BCUT2D eigenvalue weighted by atomic mass is 10.1. The maximum Gasteiger partial charge on any atom is 0.291 e. The predicted octanol–water partition coefficient (Wildman–Crippen LogP) is 2.10. The van der Waals surface area contributed by atoms with E-state index in [0.717, 1.165) is 26.5 Å². The molecular weight excluding hydrogens is 320 g/mol. The summed E-state index contributed by atoms with van der Waals surface area (Å²) in [6.45, 7) is 2.12. The zero-order chi connectivity index (χ0) is 17.4. The topological polar surface area (TPSA) is 92.9 Å². The molecule has 0 saturated carbocycles. The van der Waals surface area contributed by atoms with Gasteiger partial charge in [0.15, 0.2) is 0 Å².